The van der Waals surface area contributed by atoms with E-state index in [0.717, 1.165) is 21.8 Å². The van der Waals surface area contributed by atoms with Gasteiger partial charge in [-0.25, -0.2) is 4.98 Å². The predicted octanol–water partition coefficient (Wildman–Crippen LogP) is 6.11. The number of nitrogens with zero attached hydrogens (tertiary/aromatic N) is 3. The van der Waals surface area contributed by atoms with Gasteiger partial charge in [0.05, 0.1) is 5.69 Å². The van der Waals surface area contributed by atoms with Crippen LogP contribution in [0.3, 0.4) is 0 Å². The minimum atomic E-state index is 0.466. The lowest BCUT2D eigenvalue weighted by Crippen LogP contribution is -1.82. The van der Waals surface area contributed by atoms with Crippen molar-refractivity contribution in [3.8, 4) is 22.0 Å². The second kappa shape index (κ2) is 7.61. The molecule has 0 bridgehead atoms. The third-order valence-electron chi connectivity index (χ3n) is 3.67. The van der Waals surface area contributed by atoms with Crippen LogP contribution in [0.2, 0.25) is 5.02 Å². The Kier molecular flexibility index (Phi) is 5.06. The standard InChI is InChI=1S/C19H14ClN3OS2/c1-12-5-7-13(8-6-12)18-21-16(10-25-18)11-26-19-23-22-17(24-19)14-3-2-4-15(20)9-14/h2-10H,11H2,1H3. The van der Waals surface area contributed by atoms with E-state index in [0.29, 0.717) is 21.9 Å². The highest BCUT2D eigenvalue weighted by molar-refractivity contribution is 7.98. The van der Waals surface area contributed by atoms with Crippen molar-refractivity contribution in [2.24, 2.45) is 0 Å². The summed E-state index contributed by atoms with van der Waals surface area (Å²) in [4.78, 5) is 4.69. The van der Waals surface area contributed by atoms with Crippen molar-refractivity contribution in [1.29, 1.82) is 0 Å². The Labute approximate surface area is 164 Å². The van der Waals surface area contributed by atoms with Crippen LogP contribution in [0.4, 0.5) is 0 Å². The zero-order valence-corrected chi connectivity index (χ0v) is 16.2. The minimum Gasteiger partial charge on any atom is -0.411 e. The van der Waals surface area contributed by atoms with Crippen molar-refractivity contribution in [3.63, 3.8) is 0 Å². The Morgan fingerprint density at radius 3 is 2.73 bits per heavy atom. The van der Waals surface area contributed by atoms with Crippen molar-refractivity contribution in [2.45, 2.75) is 17.9 Å². The van der Waals surface area contributed by atoms with E-state index in [-0.39, 0.29) is 0 Å². The topological polar surface area (TPSA) is 51.8 Å². The van der Waals surface area contributed by atoms with Crippen LogP contribution in [0.5, 0.6) is 0 Å². The summed E-state index contributed by atoms with van der Waals surface area (Å²) in [6.45, 7) is 2.08. The summed E-state index contributed by atoms with van der Waals surface area (Å²) in [7, 11) is 0. The fraction of sp³-hybridized carbons (Fsp3) is 0.105. The summed E-state index contributed by atoms with van der Waals surface area (Å²) in [6.07, 6.45) is 0. The monoisotopic (exact) mass is 399 g/mol. The van der Waals surface area contributed by atoms with Gasteiger partial charge in [-0.1, -0.05) is 59.3 Å². The Balaban J connectivity index is 1.43. The van der Waals surface area contributed by atoms with E-state index in [4.69, 9.17) is 21.0 Å². The molecule has 0 aliphatic rings. The van der Waals surface area contributed by atoms with Gasteiger partial charge in [-0.2, -0.15) is 0 Å². The molecule has 0 amide bonds. The van der Waals surface area contributed by atoms with Crippen LogP contribution in [-0.2, 0) is 5.75 Å². The first-order valence-corrected chi connectivity index (χ1v) is 10.2. The number of halogens is 1. The highest BCUT2D eigenvalue weighted by atomic mass is 35.5. The van der Waals surface area contributed by atoms with Crippen molar-refractivity contribution in [3.05, 3.63) is 70.2 Å². The lowest BCUT2D eigenvalue weighted by molar-refractivity contribution is 0.466. The van der Waals surface area contributed by atoms with E-state index in [2.05, 4.69) is 46.8 Å². The highest BCUT2D eigenvalue weighted by Crippen LogP contribution is 2.29. The summed E-state index contributed by atoms with van der Waals surface area (Å²) < 4.78 is 5.71. The third kappa shape index (κ3) is 3.98. The average Bonchev–Trinajstić information content (AvgIpc) is 3.30. The second-order valence-corrected chi connectivity index (χ2v) is 7.90. The molecule has 0 aliphatic carbocycles. The number of hydrogen-bond donors (Lipinski definition) is 0. The summed E-state index contributed by atoms with van der Waals surface area (Å²) in [6, 6.07) is 15.8. The second-order valence-electron chi connectivity index (χ2n) is 5.68. The fourth-order valence-corrected chi connectivity index (χ4v) is 4.12. The first-order chi connectivity index (χ1) is 12.7. The van der Waals surface area contributed by atoms with Gasteiger partial charge in [-0.05, 0) is 25.1 Å². The molecule has 0 saturated heterocycles. The molecule has 0 N–H and O–H groups in total. The Morgan fingerprint density at radius 1 is 1.08 bits per heavy atom. The van der Waals surface area contributed by atoms with E-state index in [9.17, 15) is 0 Å². The van der Waals surface area contributed by atoms with Gasteiger partial charge >= 0.3 is 0 Å². The molecule has 4 rings (SSSR count). The maximum absolute atomic E-state index is 6.00. The maximum Gasteiger partial charge on any atom is 0.277 e. The Hall–Kier alpha value is -2.15. The first-order valence-electron chi connectivity index (χ1n) is 7.91. The van der Waals surface area contributed by atoms with Crippen LogP contribution in [0, 0.1) is 6.92 Å². The molecule has 0 spiro atoms. The van der Waals surface area contributed by atoms with Crippen molar-refractivity contribution >= 4 is 34.7 Å². The van der Waals surface area contributed by atoms with E-state index in [1.54, 1.807) is 17.4 Å². The molecule has 0 radical (unpaired) electrons. The van der Waals surface area contributed by atoms with Crippen LogP contribution in [0.15, 0.2) is 63.6 Å². The van der Waals surface area contributed by atoms with Gasteiger partial charge in [0.15, 0.2) is 0 Å². The smallest absolute Gasteiger partial charge is 0.277 e. The summed E-state index contributed by atoms with van der Waals surface area (Å²) in [5, 5.41) is 12.4. The third-order valence-corrected chi connectivity index (χ3v) is 5.70. The average molecular weight is 400 g/mol. The number of benzene rings is 2. The molecule has 0 atom stereocenters. The minimum absolute atomic E-state index is 0.466. The van der Waals surface area contributed by atoms with Crippen molar-refractivity contribution in [1.82, 2.24) is 15.2 Å². The summed E-state index contributed by atoms with van der Waals surface area (Å²) >= 11 is 9.12. The van der Waals surface area contributed by atoms with Gasteiger partial charge in [0.25, 0.3) is 5.22 Å². The lowest BCUT2D eigenvalue weighted by Gasteiger charge is -1.97. The Bertz CT molecular complexity index is 1030. The van der Waals surface area contributed by atoms with E-state index in [1.807, 2.05) is 18.2 Å². The van der Waals surface area contributed by atoms with Crippen molar-refractivity contribution in [2.75, 3.05) is 0 Å². The number of hydrogen-bond acceptors (Lipinski definition) is 6. The zero-order chi connectivity index (χ0) is 17.9. The maximum atomic E-state index is 6.00. The van der Waals surface area contributed by atoms with E-state index >= 15 is 0 Å². The molecule has 2 aromatic carbocycles. The normalized spacial score (nSPS) is 11.0. The molecule has 130 valence electrons. The molecule has 2 heterocycles. The van der Waals surface area contributed by atoms with Crippen LogP contribution >= 0.6 is 34.7 Å². The van der Waals surface area contributed by atoms with E-state index in [1.165, 1.54) is 17.3 Å². The largest absolute Gasteiger partial charge is 0.411 e. The molecule has 0 unspecified atom stereocenters. The molecular weight excluding hydrogens is 386 g/mol. The van der Waals surface area contributed by atoms with Crippen LogP contribution in [-0.4, -0.2) is 15.2 Å². The molecule has 26 heavy (non-hydrogen) atoms. The highest BCUT2D eigenvalue weighted by Gasteiger charge is 2.11. The first kappa shape index (κ1) is 17.3. The molecular formula is C19H14ClN3OS2. The van der Waals surface area contributed by atoms with Crippen LogP contribution in [0.1, 0.15) is 11.3 Å². The van der Waals surface area contributed by atoms with Gasteiger partial charge in [0.2, 0.25) is 5.89 Å². The SMILES string of the molecule is Cc1ccc(-c2nc(CSc3nnc(-c4cccc(Cl)c4)o3)cs2)cc1. The summed E-state index contributed by atoms with van der Waals surface area (Å²) in [5.74, 6) is 1.15. The molecule has 0 saturated carbocycles. The van der Waals surface area contributed by atoms with Crippen LogP contribution in [0.25, 0.3) is 22.0 Å². The molecule has 2 aromatic heterocycles. The zero-order valence-electron chi connectivity index (χ0n) is 13.8. The molecule has 0 aliphatic heterocycles. The quantitative estimate of drug-likeness (QED) is 0.378. The van der Waals surface area contributed by atoms with Gasteiger partial charge in [0, 0.05) is 27.3 Å². The lowest BCUT2D eigenvalue weighted by atomic mass is 10.2. The van der Waals surface area contributed by atoms with Crippen LogP contribution < -0.4 is 0 Å². The van der Waals surface area contributed by atoms with Gasteiger partial charge in [-0.15, -0.1) is 21.5 Å². The van der Waals surface area contributed by atoms with Gasteiger partial charge in [0.1, 0.15) is 5.01 Å². The summed E-state index contributed by atoms with van der Waals surface area (Å²) in [5.41, 5.74) is 4.19. The van der Waals surface area contributed by atoms with Gasteiger partial charge in [-0.3, -0.25) is 0 Å². The predicted molar refractivity (Wildman–Crippen MR) is 107 cm³/mol. The molecule has 4 nitrogen and oxygen atoms in total. The number of aromatic nitrogens is 3. The molecule has 4 aromatic rings. The molecule has 0 fully saturated rings. The van der Waals surface area contributed by atoms with E-state index < -0.39 is 0 Å². The number of thiazole rings is 1. The van der Waals surface area contributed by atoms with Crippen molar-refractivity contribution < 1.29 is 4.42 Å². The number of rotatable bonds is 5. The number of aryl methyl sites for hydroxylation is 1. The van der Waals surface area contributed by atoms with Gasteiger partial charge < -0.3 is 4.42 Å². The Morgan fingerprint density at radius 2 is 1.92 bits per heavy atom. The number of thioether (sulfide) groups is 1. The fourth-order valence-electron chi connectivity index (χ4n) is 2.34. The molecule has 7 heteroatoms.